The molecule has 0 unspecified atom stereocenters. The summed E-state index contributed by atoms with van der Waals surface area (Å²) in [7, 11) is -26.5. The minimum Gasteiger partial charge on any atom is -0.461 e. The van der Waals surface area contributed by atoms with Gasteiger partial charge in [-0.2, -0.15) is 0 Å². The van der Waals surface area contributed by atoms with Gasteiger partial charge in [0.15, 0.2) is 72.3 Å². The quantitative estimate of drug-likeness (QED) is 0.0911. The van der Waals surface area contributed by atoms with Gasteiger partial charge < -0.3 is 57.6 Å². The lowest BCUT2D eigenvalue weighted by atomic mass is 10.4. The normalized spacial score (nSPS) is 17.6. The SMILES string of the molecule is CC([SiH](C)C)[SiH](C)C.C[SiH](C)O[SiH](C)C.C[SiH](C)O[Si](C)(C)O[SiH](C)C.C[SiH](C)O[Si](C)(C)O[Si](C)(C)O[SiH](C)C.C[SiH](C)O[Si](C)(C)O[Si](C)(C)O[Si](C)(C)O[SiH](C)C.C[SiH](C)c1ccc([SiH](C)C)cc1.C[SiH]1O[SiH](C)O[SiH](C)O[SiH](C)O1. The Morgan fingerprint density at radius 1 is 0.298 bits per heavy atom. The molecule has 1 aromatic rings. The van der Waals surface area contributed by atoms with Gasteiger partial charge in [0.05, 0.1) is 17.6 Å². The molecule has 14 nitrogen and oxygen atoms in total. The monoisotopic (exact) mass is 1560 g/mol. The lowest BCUT2D eigenvalue weighted by Crippen LogP contribution is -2.55. The van der Waals surface area contributed by atoms with Crippen LogP contribution in [0.1, 0.15) is 6.92 Å². The van der Waals surface area contributed by atoms with Crippen molar-refractivity contribution >= 4 is 206 Å². The number of benzene rings is 1. The highest BCUT2D eigenvalue weighted by molar-refractivity contribution is 6.88. The highest BCUT2D eigenvalue weighted by Crippen LogP contribution is 2.23. The molecule has 508 valence electrons. The van der Waals surface area contributed by atoms with E-state index in [0.717, 1.165) is 5.16 Å². The predicted octanol–water partition coefficient (Wildman–Crippen LogP) is 10.6. The van der Waals surface area contributed by atoms with Crippen molar-refractivity contribution in [3.05, 3.63) is 24.3 Å². The zero-order valence-corrected chi connectivity index (χ0v) is 87.3. The van der Waals surface area contributed by atoms with Crippen LogP contribution in [0.15, 0.2) is 24.3 Å². The summed E-state index contributed by atoms with van der Waals surface area (Å²) in [5, 5.41) is 4.33. The second-order valence-electron chi connectivity index (χ2n) is 28.1. The molecule has 0 aromatic heterocycles. The van der Waals surface area contributed by atoms with E-state index in [1.165, 1.54) is 0 Å². The van der Waals surface area contributed by atoms with E-state index < -0.39 is 178 Å². The molecular formula is C48H144O14Si22. The molecule has 36 heteroatoms. The molecule has 1 heterocycles. The van der Waals surface area contributed by atoms with Crippen molar-refractivity contribution in [2.45, 2.75) is 274 Å². The Hall–Kier alpha value is 3.43. The van der Waals surface area contributed by atoms with E-state index in [-0.39, 0.29) is 17.6 Å². The molecule has 0 amide bonds. The fourth-order valence-corrected chi connectivity index (χ4v) is 78.7. The van der Waals surface area contributed by atoms with Crippen LogP contribution in [0.5, 0.6) is 0 Å². The Morgan fingerprint density at radius 2 is 0.476 bits per heavy atom. The molecule has 0 radical (unpaired) electrons. The summed E-state index contributed by atoms with van der Waals surface area (Å²) in [5.41, 5.74) is 0. The summed E-state index contributed by atoms with van der Waals surface area (Å²) in [5.74, 6) is 0. The first-order valence-electron chi connectivity index (χ1n) is 32.0. The summed E-state index contributed by atoms with van der Waals surface area (Å²) >= 11 is 0. The summed E-state index contributed by atoms with van der Waals surface area (Å²) in [6, 6.07) is 9.33. The summed E-state index contributed by atoms with van der Waals surface area (Å²) in [6.07, 6.45) is 0. The summed E-state index contributed by atoms with van der Waals surface area (Å²) in [6.45, 7) is 90.5. The van der Waals surface area contributed by atoms with E-state index in [2.05, 4.69) is 267 Å². The molecule has 0 bridgehead atoms. The molecule has 1 saturated heterocycles. The minimum absolute atomic E-state index is 0.261. The smallest absolute Gasteiger partial charge is 0.314 e. The number of hydrogen-bond donors (Lipinski definition) is 0. The molecule has 2 rings (SSSR count). The average molecular weight is 1560 g/mol. The largest absolute Gasteiger partial charge is 0.461 e. The molecular weight excluding hydrogens is 1420 g/mol. The highest BCUT2D eigenvalue weighted by atomic mass is 28.5. The summed E-state index contributed by atoms with van der Waals surface area (Å²) in [4.78, 5) is 0. The van der Waals surface area contributed by atoms with Crippen LogP contribution in [-0.2, 0) is 57.6 Å². The molecule has 1 aromatic carbocycles. The van der Waals surface area contributed by atoms with Gasteiger partial charge in [0.25, 0.3) is 37.1 Å². The standard InChI is InChI=1S/C10H32O4Si5.C10H18Si2.C8H26O3Si4.C6H20O2Si3.C6H18Si2.C4H16O4Si4.C4H14OSi2/c1-15(2)11-17(5,6)13-19(9,10)14-18(7,8)12-16(3)4;1-11(2)9-5-7-10(8-6-9)12(3)4;1-12(2)9-14(5,6)11-15(7,8)10-13(3)4;1-9(2)7-11(5,6)8-10(3)4;1-6(7(2)3)8(4)5;1-9-5-10(2)7-12(4)8-11(3)6-9;1-6(2)5-7(3)4/h15-16H,1-10H3;5-8,11-12H,1-4H3;12-13H,1-8H3;9-10H,1-6H3;6-8H,1-5H3;9-12H,1-4H3;6-7H,1-4H3. The van der Waals surface area contributed by atoms with Crippen LogP contribution in [-0.4, -0.2) is 196 Å². The second kappa shape index (κ2) is 48.2. The Labute approximate surface area is 557 Å². The van der Waals surface area contributed by atoms with Gasteiger partial charge >= 0.3 is 51.4 Å². The fraction of sp³-hybridized carbons (Fsp3) is 0.875. The van der Waals surface area contributed by atoms with E-state index in [0.29, 0.717) is 0 Å². The summed E-state index contributed by atoms with van der Waals surface area (Å²) < 4.78 is 82.6. The van der Waals surface area contributed by atoms with E-state index in [1.54, 1.807) is 10.4 Å². The van der Waals surface area contributed by atoms with Gasteiger partial charge in [-0.1, -0.05) is 99.1 Å². The average Bonchev–Trinajstić information content (AvgIpc) is 3.19. The van der Waals surface area contributed by atoms with E-state index in [1.807, 2.05) is 26.2 Å². The fourth-order valence-electron chi connectivity index (χ4n) is 9.11. The van der Waals surface area contributed by atoms with E-state index >= 15 is 0 Å². The molecule has 0 aliphatic carbocycles. The molecule has 0 spiro atoms. The molecule has 1 aliphatic rings. The van der Waals surface area contributed by atoms with Crippen LogP contribution in [0.2, 0.25) is 267 Å². The van der Waals surface area contributed by atoms with Gasteiger partial charge in [-0.05, 0) is 210 Å². The third kappa shape index (κ3) is 64.2. The maximum atomic E-state index is 6.29. The van der Waals surface area contributed by atoms with Gasteiger partial charge in [0.1, 0.15) is 0 Å². The van der Waals surface area contributed by atoms with Crippen LogP contribution in [0, 0.1) is 0 Å². The Bertz CT molecular complexity index is 1600. The van der Waals surface area contributed by atoms with E-state index in [9.17, 15) is 0 Å². The van der Waals surface area contributed by atoms with Crippen molar-refractivity contribution in [1.82, 2.24) is 0 Å². The van der Waals surface area contributed by atoms with Crippen molar-refractivity contribution in [2.75, 3.05) is 0 Å². The van der Waals surface area contributed by atoms with Gasteiger partial charge in [-0.15, -0.1) is 0 Å². The molecule has 1 fully saturated rings. The van der Waals surface area contributed by atoms with Crippen molar-refractivity contribution in [3.63, 3.8) is 0 Å². The zero-order valence-electron chi connectivity index (χ0n) is 62.8. The van der Waals surface area contributed by atoms with Crippen LogP contribution < -0.4 is 10.4 Å². The van der Waals surface area contributed by atoms with Crippen LogP contribution in [0.25, 0.3) is 0 Å². The maximum Gasteiger partial charge on any atom is 0.314 e. The lowest BCUT2D eigenvalue weighted by Gasteiger charge is -2.39. The first-order chi connectivity index (χ1) is 37.5. The molecule has 0 saturated carbocycles. The minimum atomic E-state index is -2.19. The van der Waals surface area contributed by atoms with Crippen LogP contribution in [0.3, 0.4) is 0 Å². The first-order valence-corrected chi connectivity index (χ1v) is 91.3. The first kappa shape index (κ1) is 96.1. The van der Waals surface area contributed by atoms with Crippen LogP contribution >= 0.6 is 0 Å². The van der Waals surface area contributed by atoms with Gasteiger partial charge in [-0.3, -0.25) is 0 Å². The molecule has 0 N–H and O–H groups in total. The highest BCUT2D eigenvalue weighted by Gasteiger charge is 2.42. The van der Waals surface area contributed by atoms with Gasteiger partial charge in [0, 0.05) is 17.6 Å². The van der Waals surface area contributed by atoms with Crippen molar-refractivity contribution < 1.29 is 57.6 Å². The topological polar surface area (TPSA) is 129 Å². The second-order valence-corrected chi connectivity index (χ2v) is 93.5. The van der Waals surface area contributed by atoms with E-state index in [4.69, 9.17) is 57.6 Å². The third-order valence-corrected chi connectivity index (χ3v) is 76.7. The molecule has 84 heavy (non-hydrogen) atoms. The van der Waals surface area contributed by atoms with Gasteiger partial charge in [-0.25, -0.2) is 0 Å². The number of rotatable bonds is 24. The Balaban J connectivity index is -0.000000295. The third-order valence-electron chi connectivity index (χ3n) is 11.0. The zero-order chi connectivity index (χ0) is 67.7. The van der Waals surface area contributed by atoms with Crippen molar-refractivity contribution in [3.8, 4) is 0 Å². The maximum absolute atomic E-state index is 6.29. The van der Waals surface area contributed by atoms with Crippen molar-refractivity contribution in [1.29, 1.82) is 0 Å². The Kier molecular flexibility index (Phi) is 55.1. The predicted molar refractivity (Wildman–Crippen MR) is 434 cm³/mol. The lowest BCUT2D eigenvalue weighted by molar-refractivity contribution is 0.294. The molecule has 0 atom stereocenters. The Morgan fingerprint density at radius 3 is 0.607 bits per heavy atom. The molecule has 1 aliphatic heterocycles. The van der Waals surface area contributed by atoms with Gasteiger partial charge in [0.2, 0.25) is 0 Å². The number of hydrogen-bond acceptors (Lipinski definition) is 14. The van der Waals surface area contributed by atoms with Crippen LogP contribution in [0.4, 0.5) is 0 Å². The van der Waals surface area contributed by atoms with Crippen molar-refractivity contribution in [2.24, 2.45) is 0 Å².